The Morgan fingerprint density at radius 3 is 2.80 bits per heavy atom. The quantitative estimate of drug-likeness (QED) is 0.804. The van der Waals surface area contributed by atoms with E-state index in [9.17, 15) is 9.59 Å². The zero-order chi connectivity index (χ0) is 15.0. The molecule has 1 aromatic rings. The monoisotopic (exact) mass is 280 g/mol. The maximum atomic E-state index is 11.9. The number of nitrogens with zero attached hydrogens (tertiary/aromatic N) is 1. The van der Waals surface area contributed by atoms with Gasteiger partial charge in [-0.3, -0.25) is 4.79 Å². The Labute approximate surface area is 118 Å². The number of amides is 2. The second kappa shape index (κ2) is 8.04. The number of hydrogen-bond donors (Lipinski definition) is 2. The first-order chi connectivity index (χ1) is 9.52. The average Bonchev–Trinajstić information content (AvgIpc) is 2.39. The molecule has 0 fully saturated rings. The van der Waals surface area contributed by atoms with Crippen LogP contribution in [0.1, 0.15) is 19.8 Å². The van der Waals surface area contributed by atoms with Crippen LogP contribution in [0.3, 0.4) is 0 Å². The van der Waals surface area contributed by atoms with Crippen LogP contribution in [0.5, 0.6) is 5.75 Å². The number of anilines is 1. The van der Waals surface area contributed by atoms with Gasteiger partial charge in [0.2, 0.25) is 0 Å². The zero-order valence-corrected chi connectivity index (χ0v) is 11.8. The van der Waals surface area contributed by atoms with Crippen LogP contribution in [0.2, 0.25) is 0 Å². The van der Waals surface area contributed by atoms with Crippen molar-refractivity contribution in [2.24, 2.45) is 0 Å². The molecule has 2 amide bonds. The number of aliphatic carboxylic acids is 1. The molecule has 0 aliphatic rings. The molecule has 6 nitrogen and oxygen atoms in total. The number of ether oxygens (including phenoxy) is 1. The lowest BCUT2D eigenvalue weighted by Gasteiger charge is -2.17. The van der Waals surface area contributed by atoms with Gasteiger partial charge in [0.25, 0.3) is 0 Å². The normalized spacial score (nSPS) is 9.90. The van der Waals surface area contributed by atoms with Gasteiger partial charge in [-0.1, -0.05) is 6.07 Å². The maximum absolute atomic E-state index is 11.9. The van der Waals surface area contributed by atoms with Crippen LogP contribution in [0.25, 0.3) is 0 Å². The highest BCUT2D eigenvalue weighted by atomic mass is 16.5. The summed E-state index contributed by atoms with van der Waals surface area (Å²) in [7, 11) is 1.63. The molecule has 0 saturated heterocycles. The van der Waals surface area contributed by atoms with E-state index in [1.54, 1.807) is 25.2 Å². The predicted molar refractivity (Wildman–Crippen MR) is 76.1 cm³/mol. The Bertz CT molecular complexity index is 462. The van der Waals surface area contributed by atoms with E-state index in [0.29, 0.717) is 31.0 Å². The first-order valence-electron chi connectivity index (χ1n) is 6.49. The largest absolute Gasteiger partial charge is 0.494 e. The summed E-state index contributed by atoms with van der Waals surface area (Å²) in [4.78, 5) is 23.7. The third kappa shape index (κ3) is 5.60. The van der Waals surface area contributed by atoms with Gasteiger partial charge in [0.15, 0.2) is 0 Å². The smallest absolute Gasteiger partial charge is 0.321 e. The number of carbonyl (C=O) groups is 2. The van der Waals surface area contributed by atoms with Gasteiger partial charge in [0.05, 0.1) is 6.61 Å². The van der Waals surface area contributed by atoms with Crippen molar-refractivity contribution in [3.05, 3.63) is 24.3 Å². The Morgan fingerprint density at radius 2 is 2.15 bits per heavy atom. The summed E-state index contributed by atoms with van der Waals surface area (Å²) in [6.45, 7) is 2.84. The summed E-state index contributed by atoms with van der Waals surface area (Å²) in [5.41, 5.74) is 0.644. The van der Waals surface area contributed by atoms with Crippen LogP contribution >= 0.6 is 0 Å². The molecule has 2 N–H and O–H groups in total. The molecule has 0 unspecified atom stereocenters. The molecule has 110 valence electrons. The van der Waals surface area contributed by atoms with Crippen molar-refractivity contribution in [1.29, 1.82) is 0 Å². The predicted octanol–water partition coefficient (Wildman–Crippen LogP) is 2.41. The van der Waals surface area contributed by atoms with E-state index in [4.69, 9.17) is 9.84 Å². The molecule has 0 bridgehead atoms. The van der Waals surface area contributed by atoms with Crippen LogP contribution in [0.15, 0.2) is 24.3 Å². The van der Waals surface area contributed by atoms with E-state index < -0.39 is 5.97 Å². The molecule has 0 aliphatic carbocycles. The van der Waals surface area contributed by atoms with E-state index in [1.807, 2.05) is 13.0 Å². The molecule has 0 spiro atoms. The molecule has 1 rings (SSSR count). The first-order valence-corrected chi connectivity index (χ1v) is 6.49. The van der Waals surface area contributed by atoms with Gasteiger partial charge in [0.1, 0.15) is 5.75 Å². The lowest BCUT2D eigenvalue weighted by atomic mass is 10.3. The Kier molecular flexibility index (Phi) is 6.36. The SMILES string of the molecule is CCOc1cccc(NC(=O)N(C)CCCC(=O)O)c1. The minimum Gasteiger partial charge on any atom is -0.494 e. The van der Waals surface area contributed by atoms with Crippen LogP contribution in [0, 0.1) is 0 Å². The van der Waals surface area contributed by atoms with Crippen molar-refractivity contribution < 1.29 is 19.4 Å². The van der Waals surface area contributed by atoms with Gasteiger partial charge in [-0.05, 0) is 25.5 Å². The number of rotatable bonds is 7. The van der Waals surface area contributed by atoms with Crippen LogP contribution < -0.4 is 10.1 Å². The molecule has 0 aromatic heterocycles. The highest BCUT2D eigenvalue weighted by Gasteiger charge is 2.09. The molecule has 6 heteroatoms. The number of benzene rings is 1. The molecule has 0 saturated carbocycles. The summed E-state index contributed by atoms with van der Waals surface area (Å²) in [5, 5.41) is 11.3. The fraction of sp³-hybridized carbons (Fsp3) is 0.429. The average molecular weight is 280 g/mol. The van der Waals surface area contributed by atoms with Gasteiger partial charge in [-0.2, -0.15) is 0 Å². The van der Waals surface area contributed by atoms with Crippen molar-refractivity contribution in [2.45, 2.75) is 19.8 Å². The van der Waals surface area contributed by atoms with Crippen molar-refractivity contribution in [3.63, 3.8) is 0 Å². The topological polar surface area (TPSA) is 78.9 Å². The molecule has 20 heavy (non-hydrogen) atoms. The second-order valence-electron chi connectivity index (χ2n) is 4.31. The summed E-state index contributed by atoms with van der Waals surface area (Å²) in [6, 6.07) is 6.85. The fourth-order valence-electron chi connectivity index (χ4n) is 1.62. The lowest BCUT2D eigenvalue weighted by molar-refractivity contribution is -0.137. The zero-order valence-electron chi connectivity index (χ0n) is 11.8. The summed E-state index contributed by atoms with van der Waals surface area (Å²) in [6.07, 6.45) is 0.482. The number of carboxylic acid groups (broad SMARTS) is 1. The number of hydrogen-bond acceptors (Lipinski definition) is 3. The third-order valence-electron chi connectivity index (χ3n) is 2.63. The Hall–Kier alpha value is -2.24. The summed E-state index contributed by atoms with van der Waals surface area (Å²) in [5.74, 6) is -0.165. The van der Waals surface area contributed by atoms with Gasteiger partial charge in [0, 0.05) is 31.8 Å². The maximum Gasteiger partial charge on any atom is 0.321 e. The van der Waals surface area contributed by atoms with E-state index >= 15 is 0 Å². The standard InChI is InChI=1S/C14H20N2O4/c1-3-20-12-7-4-6-11(10-12)15-14(19)16(2)9-5-8-13(17)18/h4,6-7,10H,3,5,8-9H2,1-2H3,(H,15,19)(H,17,18). The summed E-state index contributed by atoms with van der Waals surface area (Å²) >= 11 is 0. The van der Waals surface area contributed by atoms with E-state index in [0.717, 1.165) is 0 Å². The van der Waals surface area contributed by atoms with Crippen molar-refractivity contribution in [3.8, 4) is 5.75 Å². The van der Waals surface area contributed by atoms with Crippen molar-refractivity contribution >= 4 is 17.7 Å². The molecular formula is C14H20N2O4. The van der Waals surface area contributed by atoms with Crippen molar-refractivity contribution in [2.75, 3.05) is 25.5 Å². The first kappa shape index (κ1) is 15.8. The van der Waals surface area contributed by atoms with Crippen LogP contribution in [0.4, 0.5) is 10.5 Å². The van der Waals surface area contributed by atoms with Gasteiger partial charge >= 0.3 is 12.0 Å². The second-order valence-corrected chi connectivity index (χ2v) is 4.31. The fourth-order valence-corrected chi connectivity index (χ4v) is 1.62. The molecule has 0 aliphatic heterocycles. The molecule has 1 aromatic carbocycles. The molecular weight excluding hydrogens is 260 g/mol. The van der Waals surface area contributed by atoms with E-state index in [-0.39, 0.29) is 12.5 Å². The van der Waals surface area contributed by atoms with Gasteiger partial charge < -0.3 is 20.1 Å². The third-order valence-corrected chi connectivity index (χ3v) is 2.63. The highest BCUT2D eigenvalue weighted by Crippen LogP contribution is 2.17. The Balaban J connectivity index is 2.48. The minimum absolute atomic E-state index is 0.0530. The molecule has 0 heterocycles. The minimum atomic E-state index is -0.858. The van der Waals surface area contributed by atoms with E-state index in [1.165, 1.54) is 4.90 Å². The lowest BCUT2D eigenvalue weighted by Crippen LogP contribution is -2.32. The van der Waals surface area contributed by atoms with Crippen LogP contribution in [-0.2, 0) is 4.79 Å². The van der Waals surface area contributed by atoms with Gasteiger partial charge in [-0.15, -0.1) is 0 Å². The number of nitrogens with one attached hydrogen (secondary N) is 1. The van der Waals surface area contributed by atoms with E-state index in [2.05, 4.69) is 5.32 Å². The van der Waals surface area contributed by atoms with Gasteiger partial charge in [-0.25, -0.2) is 4.79 Å². The highest BCUT2D eigenvalue weighted by molar-refractivity contribution is 5.89. The number of carboxylic acids is 1. The molecule has 0 radical (unpaired) electrons. The Morgan fingerprint density at radius 1 is 1.40 bits per heavy atom. The summed E-state index contributed by atoms with van der Waals surface area (Å²) < 4.78 is 5.35. The van der Waals surface area contributed by atoms with Crippen molar-refractivity contribution in [1.82, 2.24) is 4.90 Å². The molecule has 0 atom stereocenters. The number of carbonyl (C=O) groups excluding carboxylic acids is 1. The van der Waals surface area contributed by atoms with Crippen LogP contribution in [-0.4, -0.2) is 42.2 Å². The number of urea groups is 1.